The van der Waals surface area contributed by atoms with Crippen LogP contribution in [0.3, 0.4) is 0 Å². The van der Waals surface area contributed by atoms with E-state index in [2.05, 4.69) is 26.8 Å². The van der Waals surface area contributed by atoms with Gasteiger partial charge in [-0.25, -0.2) is 15.0 Å². The van der Waals surface area contributed by atoms with Crippen LogP contribution in [-0.2, 0) is 6.18 Å². The van der Waals surface area contributed by atoms with Crippen LogP contribution >= 0.6 is 0 Å². The lowest BCUT2D eigenvalue weighted by molar-refractivity contribution is -0.141. The average molecular weight is 410 g/mol. The number of nitrogens with zero attached hydrogens (tertiary/aromatic N) is 4. The molecule has 156 valence electrons. The molecule has 0 aromatic carbocycles. The molecule has 4 heterocycles. The molecule has 4 rings (SSSR count). The van der Waals surface area contributed by atoms with Crippen LogP contribution in [0.4, 0.5) is 13.2 Å². The van der Waals surface area contributed by atoms with Crippen molar-refractivity contribution in [1.29, 1.82) is 0 Å². The molecule has 2 aliphatic rings. The van der Waals surface area contributed by atoms with E-state index in [-0.39, 0.29) is 18.0 Å². The number of rotatable bonds is 4. The molecule has 0 radical (unpaired) electrons. The van der Waals surface area contributed by atoms with Crippen molar-refractivity contribution in [2.75, 3.05) is 26.3 Å². The Morgan fingerprint density at radius 3 is 2.55 bits per heavy atom. The summed E-state index contributed by atoms with van der Waals surface area (Å²) in [4.78, 5) is 14.0. The number of halogens is 3. The number of fused-ring (bicyclic) bond motifs is 1. The van der Waals surface area contributed by atoms with Gasteiger partial charge in [0.2, 0.25) is 5.88 Å². The molecule has 0 spiro atoms. The molecule has 2 aliphatic heterocycles. The first-order valence-electron chi connectivity index (χ1n) is 9.46. The van der Waals surface area contributed by atoms with E-state index in [0.717, 1.165) is 37.8 Å². The van der Waals surface area contributed by atoms with E-state index in [1.807, 2.05) is 12.1 Å². The monoisotopic (exact) mass is 410 g/mol. The summed E-state index contributed by atoms with van der Waals surface area (Å²) in [6, 6.07) is 3.92. The van der Waals surface area contributed by atoms with Crippen molar-refractivity contribution in [2.45, 2.75) is 38.1 Å². The Kier molecular flexibility index (Phi) is 5.44. The van der Waals surface area contributed by atoms with Crippen molar-refractivity contribution in [3.63, 3.8) is 0 Å². The summed E-state index contributed by atoms with van der Waals surface area (Å²) in [7, 11) is 0. The molecule has 0 bridgehead atoms. The highest BCUT2D eigenvalue weighted by Gasteiger charge is 2.33. The largest absolute Gasteiger partial charge is 0.484 e. The lowest BCUT2D eigenvalue weighted by Crippen LogP contribution is -2.40. The molecule has 0 N–H and O–H groups in total. The van der Waals surface area contributed by atoms with Gasteiger partial charge in [-0.2, -0.15) is 13.2 Å². The van der Waals surface area contributed by atoms with Crippen molar-refractivity contribution in [1.82, 2.24) is 19.9 Å². The maximum atomic E-state index is 12.6. The summed E-state index contributed by atoms with van der Waals surface area (Å²) in [5.74, 6) is 1.30. The number of ether oxygens (including phenoxy) is 3. The number of likely N-dealkylation sites (tertiary alicyclic amines) is 1. The van der Waals surface area contributed by atoms with Gasteiger partial charge in [0.05, 0.1) is 18.1 Å². The van der Waals surface area contributed by atoms with E-state index in [9.17, 15) is 13.2 Å². The summed E-state index contributed by atoms with van der Waals surface area (Å²) < 4.78 is 54.5. The predicted octanol–water partition coefficient (Wildman–Crippen LogP) is 3.27. The van der Waals surface area contributed by atoms with E-state index in [1.165, 1.54) is 0 Å². The fourth-order valence-corrected chi connectivity index (χ4v) is 3.44. The van der Waals surface area contributed by atoms with Crippen LogP contribution in [0.2, 0.25) is 0 Å². The first-order chi connectivity index (χ1) is 13.9. The van der Waals surface area contributed by atoms with Crippen molar-refractivity contribution in [2.24, 2.45) is 0 Å². The fourth-order valence-electron chi connectivity index (χ4n) is 3.44. The second-order valence-corrected chi connectivity index (χ2v) is 7.00. The Morgan fingerprint density at radius 1 is 1.10 bits per heavy atom. The van der Waals surface area contributed by atoms with Crippen molar-refractivity contribution in [3.8, 4) is 17.5 Å². The van der Waals surface area contributed by atoms with E-state index in [4.69, 9.17) is 14.2 Å². The summed E-state index contributed by atoms with van der Waals surface area (Å²) in [6.07, 6.45) is -1.43. The lowest BCUT2D eigenvalue weighted by Gasteiger charge is -2.35. The highest BCUT2D eigenvalue weighted by Crippen LogP contribution is 2.32. The second kappa shape index (κ2) is 8.02. The number of piperidine rings is 1. The van der Waals surface area contributed by atoms with Gasteiger partial charge in [-0.15, -0.1) is 0 Å². The predicted molar refractivity (Wildman–Crippen MR) is 95.9 cm³/mol. The number of alkyl halides is 3. The molecule has 0 amide bonds. The third-order valence-electron chi connectivity index (χ3n) is 5.08. The van der Waals surface area contributed by atoms with Crippen LogP contribution in [0.5, 0.6) is 17.5 Å². The molecule has 0 saturated carbocycles. The Bertz CT molecular complexity index is 840. The minimum absolute atomic E-state index is 0.0950. The maximum Gasteiger partial charge on any atom is 0.434 e. The van der Waals surface area contributed by atoms with Crippen LogP contribution in [-0.4, -0.2) is 52.3 Å². The van der Waals surface area contributed by atoms with Crippen LogP contribution in [0.15, 0.2) is 24.5 Å². The number of hydrogen-bond acceptors (Lipinski definition) is 7. The van der Waals surface area contributed by atoms with Crippen molar-refractivity contribution in [3.05, 3.63) is 35.9 Å². The third kappa shape index (κ3) is 4.52. The Balaban J connectivity index is 1.32. The minimum Gasteiger partial charge on any atom is -0.484 e. The van der Waals surface area contributed by atoms with Gasteiger partial charge in [0.25, 0.3) is 5.88 Å². The minimum atomic E-state index is -4.51. The molecule has 1 unspecified atom stereocenters. The van der Waals surface area contributed by atoms with E-state index >= 15 is 0 Å². The summed E-state index contributed by atoms with van der Waals surface area (Å²) in [6.45, 7) is 4.65. The van der Waals surface area contributed by atoms with E-state index in [0.29, 0.717) is 31.0 Å². The molecule has 2 aromatic rings. The van der Waals surface area contributed by atoms with Gasteiger partial charge in [-0.05, 0) is 31.9 Å². The van der Waals surface area contributed by atoms with Crippen molar-refractivity contribution >= 4 is 0 Å². The van der Waals surface area contributed by atoms with Crippen molar-refractivity contribution < 1.29 is 27.4 Å². The fraction of sp³-hybridized carbons (Fsp3) is 0.526. The van der Waals surface area contributed by atoms with E-state index in [1.54, 1.807) is 0 Å². The topological polar surface area (TPSA) is 69.6 Å². The van der Waals surface area contributed by atoms with Gasteiger partial charge >= 0.3 is 6.18 Å². The quantitative estimate of drug-likeness (QED) is 0.766. The summed E-state index contributed by atoms with van der Waals surface area (Å²) in [5.41, 5.74) is -0.123. The Hall–Kier alpha value is -2.62. The molecule has 1 atom stereocenters. The third-order valence-corrected chi connectivity index (χ3v) is 5.08. The molecule has 10 heteroatoms. The normalized spacial score (nSPS) is 19.0. The van der Waals surface area contributed by atoms with Gasteiger partial charge in [-0.3, -0.25) is 4.90 Å². The number of pyridine rings is 1. The molecule has 1 saturated heterocycles. The molecule has 0 aliphatic carbocycles. The second-order valence-electron chi connectivity index (χ2n) is 7.00. The van der Waals surface area contributed by atoms with Gasteiger partial charge in [-0.1, -0.05) is 0 Å². The van der Waals surface area contributed by atoms with Crippen LogP contribution < -0.4 is 14.2 Å². The van der Waals surface area contributed by atoms with Crippen LogP contribution in [0.1, 0.15) is 37.2 Å². The standard InChI is InChI=1S/C19H21F3N4O3/c1-12(14-2-3-15-18(25-14)28-9-8-27-15)26-6-4-13(5-7-26)29-17-11-23-16(10-24-17)19(20,21)22/h2-3,10-13H,4-9H2,1H3. The molecular formula is C19H21F3N4O3. The molecule has 2 aromatic heterocycles. The maximum absolute atomic E-state index is 12.6. The highest BCUT2D eigenvalue weighted by atomic mass is 19.4. The Morgan fingerprint density at radius 2 is 1.86 bits per heavy atom. The summed E-state index contributed by atoms with van der Waals surface area (Å²) >= 11 is 0. The Labute approximate surface area is 165 Å². The zero-order valence-corrected chi connectivity index (χ0v) is 15.9. The summed E-state index contributed by atoms with van der Waals surface area (Å²) in [5, 5.41) is 0. The molecule has 1 fully saturated rings. The smallest absolute Gasteiger partial charge is 0.434 e. The van der Waals surface area contributed by atoms with E-state index < -0.39 is 11.9 Å². The van der Waals surface area contributed by atoms with Crippen LogP contribution in [0.25, 0.3) is 0 Å². The first kappa shape index (κ1) is 19.7. The molecule has 29 heavy (non-hydrogen) atoms. The van der Waals surface area contributed by atoms with Gasteiger partial charge in [0.15, 0.2) is 11.4 Å². The van der Waals surface area contributed by atoms with Gasteiger partial charge in [0.1, 0.15) is 19.3 Å². The number of hydrogen-bond donors (Lipinski definition) is 0. The lowest BCUT2D eigenvalue weighted by atomic mass is 10.0. The molecular weight excluding hydrogens is 389 g/mol. The average Bonchev–Trinajstić information content (AvgIpc) is 2.73. The zero-order chi connectivity index (χ0) is 20.4. The SMILES string of the molecule is CC(c1ccc2c(n1)OCCO2)N1CCC(Oc2cnc(C(F)(F)F)cn2)CC1. The van der Waals surface area contributed by atoms with Gasteiger partial charge in [0, 0.05) is 19.1 Å². The van der Waals surface area contributed by atoms with Gasteiger partial charge < -0.3 is 14.2 Å². The highest BCUT2D eigenvalue weighted by molar-refractivity contribution is 5.36. The van der Waals surface area contributed by atoms with Crippen LogP contribution in [0, 0.1) is 0 Å². The first-order valence-corrected chi connectivity index (χ1v) is 9.46. The zero-order valence-electron chi connectivity index (χ0n) is 15.9. The number of aromatic nitrogens is 3. The molecule has 7 nitrogen and oxygen atoms in total.